The Bertz CT molecular complexity index is 419. The lowest BCUT2D eigenvalue weighted by molar-refractivity contribution is 0.0268. The van der Waals surface area contributed by atoms with Crippen LogP contribution in [0.3, 0.4) is 0 Å². The van der Waals surface area contributed by atoms with E-state index in [4.69, 9.17) is 9.47 Å². The van der Waals surface area contributed by atoms with Crippen molar-refractivity contribution in [1.82, 2.24) is 15.5 Å². The highest BCUT2D eigenvalue weighted by atomic mass is 16.6. The number of nitrogens with one attached hydrogen (secondary N) is 2. The number of fused-ring (bicyclic) bond motifs is 1. The molecule has 0 radical (unpaired) electrons. The van der Waals surface area contributed by atoms with Crippen LogP contribution in [-0.4, -0.2) is 67.6 Å². The van der Waals surface area contributed by atoms with Crippen molar-refractivity contribution in [2.75, 3.05) is 32.8 Å². The maximum Gasteiger partial charge on any atom is 0.410 e. The molecular weight excluding hydrogens is 294 g/mol. The Balaban J connectivity index is 1.37. The van der Waals surface area contributed by atoms with Gasteiger partial charge in [0.1, 0.15) is 5.60 Å². The number of likely N-dealkylation sites (tertiary alicyclic amines) is 1. The number of carbonyl (C=O) groups is 1. The lowest BCUT2D eigenvalue weighted by atomic mass is 10.1. The van der Waals surface area contributed by atoms with Gasteiger partial charge in [0.2, 0.25) is 0 Å². The van der Waals surface area contributed by atoms with E-state index in [2.05, 4.69) is 17.6 Å². The predicted octanol–water partition coefficient (Wildman–Crippen LogP) is 1.21. The molecule has 1 amide bonds. The molecule has 0 aromatic heterocycles. The second-order valence-corrected chi connectivity index (χ2v) is 8.27. The minimum Gasteiger partial charge on any atom is -0.444 e. The highest BCUT2D eigenvalue weighted by Crippen LogP contribution is 2.46. The van der Waals surface area contributed by atoms with Crippen molar-refractivity contribution in [2.45, 2.75) is 57.8 Å². The first kappa shape index (κ1) is 17.0. The molecule has 0 spiro atoms. The minimum absolute atomic E-state index is 0.167. The number of piperidine rings is 1. The molecule has 0 aromatic carbocycles. The fraction of sp³-hybridized carbons (Fsp3) is 0.941. The van der Waals surface area contributed by atoms with E-state index in [0.717, 1.165) is 39.3 Å². The summed E-state index contributed by atoms with van der Waals surface area (Å²) in [4.78, 5) is 13.9. The fourth-order valence-corrected chi connectivity index (χ4v) is 3.84. The second kappa shape index (κ2) is 6.57. The first-order chi connectivity index (χ1) is 10.8. The van der Waals surface area contributed by atoms with Gasteiger partial charge in [-0.25, -0.2) is 4.79 Å². The normalized spacial score (nSPS) is 34.9. The van der Waals surface area contributed by atoms with Crippen LogP contribution in [0.15, 0.2) is 0 Å². The van der Waals surface area contributed by atoms with E-state index in [1.54, 1.807) is 0 Å². The van der Waals surface area contributed by atoms with E-state index < -0.39 is 5.60 Å². The lowest BCUT2D eigenvalue weighted by Crippen LogP contribution is -2.46. The van der Waals surface area contributed by atoms with Gasteiger partial charge in [0.15, 0.2) is 0 Å². The van der Waals surface area contributed by atoms with Crippen molar-refractivity contribution in [3.05, 3.63) is 0 Å². The number of hydrogen-bond donors (Lipinski definition) is 2. The van der Waals surface area contributed by atoms with Crippen molar-refractivity contribution in [3.8, 4) is 0 Å². The fourth-order valence-electron chi connectivity index (χ4n) is 3.84. The van der Waals surface area contributed by atoms with Gasteiger partial charge in [0, 0.05) is 37.8 Å². The Labute approximate surface area is 139 Å². The van der Waals surface area contributed by atoms with Crippen LogP contribution in [0.5, 0.6) is 0 Å². The topological polar surface area (TPSA) is 62.8 Å². The van der Waals surface area contributed by atoms with Gasteiger partial charge >= 0.3 is 6.09 Å². The van der Waals surface area contributed by atoms with Crippen LogP contribution in [0.25, 0.3) is 0 Å². The monoisotopic (exact) mass is 325 g/mol. The molecule has 1 saturated carbocycles. The Morgan fingerprint density at radius 2 is 2.09 bits per heavy atom. The summed E-state index contributed by atoms with van der Waals surface area (Å²) in [6, 6.07) is 1.50. The number of hydrogen-bond acceptors (Lipinski definition) is 5. The second-order valence-electron chi connectivity index (χ2n) is 8.27. The van der Waals surface area contributed by atoms with Crippen LogP contribution >= 0.6 is 0 Å². The van der Waals surface area contributed by atoms with E-state index in [9.17, 15) is 4.79 Å². The number of rotatable bonds is 4. The number of nitrogens with zero attached hydrogens (tertiary/aromatic N) is 1. The molecule has 0 aromatic rings. The van der Waals surface area contributed by atoms with E-state index in [-0.39, 0.29) is 6.09 Å². The molecule has 3 fully saturated rings. The molecule has 4 unspecified atom stereocenters. The Kier molecular flexibility index (Phi) is 4.85. The summed E-state index contributed by atoms with van der Waals surface area (Å²) >= 11 is 0. The predicted molar refractivity (Wildman–Crippen MR) is 88.4 cm³/mol. The van der Waals surface area contributed by atoms with Crippen LogP contribution in [-0.2, 0) is 9.47 Å². The van der Waals surface area contributed by atoms with Gasteiger partial charge < -0.3 is 25.0 Å². The average Bonchev–Trinajstić information content (AvgIpc) is 2.91. The maximum atomic E-state index is 12.1. The number of ether oxygens (including phenoxy) is 2. The van der Waals surface area contributed by atoms with Crippen molar-refractivity contribution in [1.29, 1.82) is 0 Å². The molecule has 2 heterocycles. The molecule has 3 rings (SSSR count). The molecule has 6 nitrogen and oxygen atoms in total. The minimum atomic E-state index is -0.412. The van der Waals surface area contributed by atoms with Crippen molar-refractivity contribution in [3.63, 3.8) is 0 Å². The first-order valence-corrected chi connectivity index (χ1v) is 8.88. The van der Waals surface area contributed by atoms with Crippen LogP contribution in [0, 0.1) is 11.8 Å². The van der Waals surface area contributed by atoms with Gasteiger partial charge in [0.05, 0.1) is 13.2 Å². The van der Waals surface area contributed by atoms with Gasteiger partial charge in [0.25, 0.3) is 0 Å². The molecule has 1 aliphatic carbocycles. The molecule has 23 heavy (non-hydrogen) atoms. The molecule has 2 aliphatic heterocycles. The van der Waals surface area contributed by atoms with E-state index in [1.165, 1.54) is 0 Å². The Morgan fingerprint density at radius 3 is 2.65 bits per heavy atom. The molecule has 2 N–H and O–H groups in total. The summed E-state index contributed by atoms with van der Waals surface area (Å²) in [6.45, 7) is 12.2. The molecule has 2 saturated heterocycles. The number of amides is 1. The van der Waals surface area contributed by atoms with E-state index in [1.807, 2.05) is 25.7 Å². The van der Waals surface area contributed by atoms with Crippen molar-refractivity contribution >= 4 is 6.09 Å². The zero-order valence-electron chi connectivity index (χ0n) is 14.8. The van der Waals surface area contributed by atoms with Crippen LogP contribution in [0.1, 0.15) is 34.1 Å². The summed E-state index contributed by atoms with van der Waals surface area (Å²) in [7, 11) is 0. The number of carbonyl (C=O) groups excluding carboxylic acids is 1. The quantitative estimate of drug-likeness (QED) is 0.813. The van der Waals surface area contributed by atoms with Crippen LogP contribution in [0.2, 0.25) is 0 Å². The van der Waals surface area contributed by atoms with Gasteiger partial charge in [-0.2, -0.15) is 0 Å². The third-order valence-corrected chi connectivity index (χ3v) is 4.96. The molecule has 6 heteroatoms. The van der Waals surface area contributed by atoms with Gasteiger partial charge in [-0.15, -0.1) is 0 Å². The van der Waals surface area contributed by atoms with E-state index >= 15 is 0 Å². The zero-order chi connectivity index (χ0) is 16.6. The average molecular weight is 325 g/mol. The molecule has 3 aliphatic rings. The summed E-state index contributed by atoms with van der Waals surface area (Å²) in [5, 5.41) is 7.24. The van der Waals surface area contributed by atoms with Crippen molar-refractivity contribution in [2.24, 2.45) is 11.8 Å². The van der Waals surface area contributed by atoms with Crippen LogP contribution in [0.4, 0.5) is 4.79 Å². The summed E-state index contributed by atoms with van der Waals surface area (Å²) < 4.78 is 11.0. The van der Waals surface area contributed by atoms with Gasteiger partial charge in [-0.3, -0.25) is 0 Å². The smallest absolute Gasteiger partial charge is 0.410 e. The largest absolute Gasteiger partial charge is 0.444 e. The first-order valence-electron chi connectivity index (χ1n) is 8.88. The van der Waals surface area contributed by atoms with E-state index in [0.29, 0.717) is 30.0 Å². The van der Waals surface area contributed by atoms with Crippen LogP contribution < -0.4 is 10.6 Å². The Morgan fingerprint density at radius 1 is 1.39 bits per heavy atom. The molecule has 4 atom stereocenters. The van der Waals surface area contributed by atoms with Gasteiger partial charge in [-0.05, 0) is 46.0 Å². The van der Waals surface area contributed by atoms with Crippen molar-refractivity contribution < 1.29 is 14.3 Å². The lowest BCUT2D eigenvalue weighted by Gasteiger charge is -2.28. The highest BCUT2D eigenvalue weighted by molar-refractivity contribution is 5.69. The summed E-state index contributed by atoms with van der Waals surface area (Å²) in [5.41, 5.74) is -0.412. The number of morpholine rings is 1. The molecular formula is C17H31N3O3. The third kappa shape index (κ3) is 4.37. The summed E-state index contributed by atoms with van der Waals surface area (Å²) in [5.74, 6) is 1.20. The summed E-state index contributed by atoms with van der Waals surface area (Å²) in [6.07, 6.45) is 0.922. The highest BCUT2D eigenvalue weighted by Gasteiger charge is 2.57. The standard InChI is InChI=1S/C17H31N3O3/c1-11(7-12-10-22-6-5-18-12)19-15-13-8-20(9-14(13)15)16(21)23-17(2,3)4/h11-15,18-19H,5-10H2,1-4H3. The SMILES string of the molecule is CC(CC1COCCN1)NC1C2CN(C(=O)OC(C)(C)C)CC21. The van der Waals surface area contributed by atoms with Gasteiger partial charge in [-0.1, -0.05) is 0 Å². The maximum absolute atomic E-state index is 12.1. The third-order valence-electron chi connectivity index (χ3n) is 4.96. The Hall–Kier alpha value is -0.850. The molecule has 132 valence electrons. The molecule has 0 bridgehead atoms. The zero-order valence-corrected chi connectivity index (χ0v) is 14.8.